The van der Waals surface area contributed by atoms with Crippen molar-refractivity contribution in [2.45, 2.75) is 6.18 Å². The Morgan fingerprint density at radius 3 is 2.33 bits per heavy atom. The molecule has 0 aromatic carbocycles. The van der Waals surface area contributed by atoms with Crippen molar-refractivity contribution < 1.29 is 17.6 Å². The molecule has 0 radical (unpaired) electrons. The average Bonchev–Trinajstić information content (AvgIpc) is 1.82. The van der Waals surface area contributed by atoms with Crippen molar-refractivity contribution in [2.24, 2.45) is 0 Å². The van der Waals surface area contributed by atoms with Crippen molar-refractivity contribution in [1.82, 2.24) is 0 Å². The van der Waals surface area contributed by atoms with Gasteiger partial charge in [0.05, 0.1) is 0 Å². The highest BCUT2D eigenvalue weighted by atomic mass is 79.9. The molecule has 0 spiro atoms. The molecule has 0 bridgehead atoms. The predicted molar refractivity (Wildman–Crippen MR) is 37.7 cm³/mol. The molecule has 0 aliphatic rings. The van der Waals surface area contributed by atoms with Crippen LogP contribution in [0, 0.1) is 0 Å². The Morgan fingerprint density at radius 1 is 1.33 bits per heavy atom. The van der Waals surface area contributed by atoms with Crippen LogP contribution in [0.5, 0.6) is 0 Å². The largest absolute Gasteiger partial charge is 0.449 e. The van der Waals surface area contributed by atoms with Crippen LogP contribution in [0.25, 0.3) is 0 Å². The minimum absolute atomic E-state index is 0.0473. The van der Waals surface area contributed by atoms with Gasteiger partial charge in [0, 0.05) is 16.6 Å². The molecule has 0 saturated heterocycles. The van der Waals surface area contributed by atoms with Gasteiger partial charge in [0.2, 0.25) is 5.76 Å². The summed E-state index contributed by atoms with van der Waals surface area (Å²) in [7, 11) is 0. The molecule has 1 aromatic heterocycles. The normalized spacial score (nSPS) is 11.7. The first-order valence-electron chi connectivity index (χ1n) is 2.77. The lowest BCUT2D eigenvalue weighted by molar-refractivity contribution is -0.154. The SMILES string of the molecule is O=c1cc(Br)cc(C(F)(F)F)o1. The maximum Gasteiger partial charge on any atom is 0.449 e. The number of hydrogen-bond donors (Lipinski definition) is 0. The first kappa shape index (κ1) is 9.31. The highest BCUT2D eigenvalue weighted by molar-refractivity contribution is 9.10. The molecule has 2 nitrogen and oxygen atoms in total. The summed E-state index contributed by atoms with van der Waals surface area (Å²) in [4.78, 5) is 10.5. The summed E-state index contributed by atoms with van der Waals surface area (Å²) in [6.45, 7) is 0. The van der Waals surface area contributed by atoms with Gasteiger partial charge in [-0.3, -0.25) is 0 Å². The van der Waals surface area contributed by atoms with Gasteiger partial charge in [0.1, 0.15) is 0 Å². The van der Waals surface area contributed by atoms with Gasteiger partial charge in [0.25, 0.3) is 0 Å². The zero-order chi connectivity index (χ0) is 9.35. The Hall–Kier alpha value is -0.780. The van der Waals surface area contributed by atoms with Crippen LogP contribution in [0.3, 0.4) is 0 Å². The quantitative estimate of drug-likeness (QED) is 0.700. The second kappa shape index (κ2) is 2.93. The molecule has 1 aromatic rings. The third-order valence-corrected chi connectivity index (χ3v) is 1.47. The summed E-state index contributed by atoms with van der Waals surface area (Å²) in [5, 5.41) is 0. The van der Waals surface area contributed by atoms with E-state index < -0.39 is 17.6 Å². The van der Waals surface area contributed by atoms with Gasteiger partial charge in [-0.05, 0) is 0 Å². The van der Waals surface area contributed by atoms with E-state index >= 15 is 0 Å². The van der Waals surface area contributed by atoms with Gasteiger partial charge < -0.3 is 4.42 Å². The van der Waals surface area contributed by atoms with Crippen LogP contribution in [0.4, 0.5) is 13.2 Å². The summed E-state index contributed by atoms with van der Waals surface area (Å²) in [5.74, 6) is -1.30. The van der Waals surface area contributed by atoms with Gasteiger partial charge in [-0.2, -0.15) is 13.2 Å². The minimum atomic E-state index is -4.62. The van der Waals surface area contributed by atoms with E-state index in [0.29, 0.717) is 6.07 Å². The van der Waals surface area contributed by atoms with Crippen LogP contribution in [0.2, 0.25) is 0 Å². The molecule has 0 atom stereocenters. The molecule has 0 unspecified atom stereocenters. The van der Waals surface area contributed by atoms with Crippen LogP contribution in [0.15, 0.2) is 25.8 Å². The molecular formula is C6H2BrF3O2. The zero-order valence-corrected chi connectivity index (χ0v) is 7.07. The Kier molecular flexibility index (Phi) is 2.27. The molecule has 0 saturated carbocycles. The van der Waals surface area contributed by atoms with Crippen molar-refractivity contribution in [3.8, 4) is 0 Å². The third kappa shape index (κ3) is 2.10. The smallest absolute Gasteiger partial charge is 0.418 e. The first-order chi connectivity index (χ1) is 5.39. The lowest BCUT2D eigenvalue weighted by Gasteiger charge is -2.03. The highest BCUT2D eigenvalue weighted by Gasteiger charge is 2.34. The van der Waals surface area contributed by atoms with Crippen LogP contribution < -0.4 is 5.63 Å². The topological polar surface area (TPSA) is 30.2 Å². The molecule has 1 rings (SSSR count). The lowest BCUT2D eigenvalue weighted by atomic mass is 10.4. The Labute approximate surface area is 73.1 Å². The summed E-state index contributed by atoms with van der Waals surface area (Å²) in [6.07, 6.45) is -4.62. The maximum atomic E-state index is 11.9. The second-order valence-electron chi connectivity index (χ2n) is 1.96. The molecule has 6 heteroatoms. The number of hydrogen-bond acceptors (Lipinski definition) is 2. The van der Waals surface area contributed by atoms with E-state index in [9.17, 15) is 18.0 Å². The molecule has 66 valence electrons. The summed E-state index contributed by atoms with van der Waals surface area (Å²) in [6, 6.07) is 1.61. The zero-order valence-electron chi connectivity index (χ0n) is 5.48. The Morgan fingerprint density at radius 2 is 1.92 bits per heavy atom. The summed E-state index contributed by atoms with van der Waals surface area (Å²) >= 11 is 2.75. The summed E-state index contributed by atoms with van der Waals surface area (Å²) in [5.41, 5.74) is -1.03. The van der Waals surface area contributed by atoms with Crippen molar-refractivity contribution >= 4 is 15.9 Å². The van der Waals surface area contributed by atoms with E-state index in [-0.39, 0.29) is 4.47 Å². The van der Waals surface area contributed by atoms with Crippen molar-refractivity contribution in [3.63, 3.8) is 0 Å². The van der Waals surface area contributed by atoms with Gasteiger partial charge >= 0.3 is 11.8 Å². The van der Waals surface area contributed by atoms with E-state index in [1.807, 2.05) is 0 Å². The van der Waals surface area contributed by atoms with Gasteiger partial charge in [-0.15, -0.1) is 0 Å². The average molecular weight is 243 g/mol. The molecule has 12 heavy (non-hydrogen) atoms. The number of alkyl halides is 3. The predicted octanol–water partition coefficient (Wildman–Crippen LogP) is 2.42. The number of halogens is 4. The van der Waals surface area contributed by atoms with Gasteiger partial charge in [-0.1, -0.05) is 15.9 Å². The molecule has 0 N–H and O–H groups in total. The fraction of sp³-hybridized carbons (Fsp3) is 0.167. The van der Waals surface area contributed by atoms with E-state index in [1.165, 1.54) is 0 Å². The number of rotatable bonds is 0. The van der Waals surface area contributed by atoms with Crippen molar-refractivity contribution in [2.75, 3.05) is 0 Å². The van der Waals surface area contributed by atoms with E-state index in [1.54, 1.807) is 0 Å². The Bertz CT molecular complexity index is 341. The Balaban J connectivity index is 3.27. The molecule has 1 heterocycles. The van der Waals surface area contributed by atoms with Crippen LogP contribution in [0.1, 0.15) is 5.76 Å². The standard InChI is InChI=1S/C6H2BrF3O2/c7-3-1-4(6(8,9)10)12-5(11)2-3/h1-2H. The molecule has 0 amide bonds. The van der Waals surface area contributed by atoms with Crippen LogP contribution in [-0.4, -0.2) is 0 Å². The molecule has 0 aliphatic carbocycles. The fourth-order valence-electron chi connectivity index (χ4n) is 0.586. The van der Waals surface area contributed by atoms with Crippen LogP contribution in [-0.2, 0) is 6.18 Å². The van der Waals surface area contributed by atoms with Crippen molar-refractivity contribution in [1.29, 1.82) is 0 Å². The lowest BCUT2D eigenvalue weighted by Crippen LogP contribution is -2.09. The second-order valence-corrected chi connectivity index (χ2v) is 2.87. The fourth-order valence-corrected chi connectivity index (χ4v) is 0.981. The molecular weight excluding hydrogens is 241 g/mol. The minimum Gasteiger partial charge on any atom is -0.418 e. The van der Waals surface area contributed by atoms with Crippen molar-refractivity contribution in [3.05, 3.63) is 32.8 Å². The third-order valence-electron chi connectivity index (χ3n) is 1.01. The molecule has 0 aliphatic heterocycles. The van der Waals surface area contributed by atoms with E-state index in [2.05, 4.69) is 20.3 Å². The monoisotopic (exact) mass is 242 g/mol. The molecule has 0 fully saturated rings. The maximum absolute atomic E-state index is 11.9. The van der Waals surface area contributed by atoms with E-state index in [4.69, 9.17) is 0 Å². The van der Waals surface area contributed by atoms with Gasteiger partial charge in [0.15, 0.2) is 0 Å². The van der Waals surface area contributed by atoms with Gasteiger partial charge in [-0.25, -0.2) is 4.79 Å². The highest BCUT2D eigenvalue weighted by Crippen LogP contribution is 2.29. The summed E-state index contributed by atoms with van der Waals surface area (Å²) < 4.78 is 39.6. The van der Waals surface area contributed by atoms with E-state index in [0.717, 1.165) is 6.07 Å². The first-order valence-corrected chi connectivity index (χ1v) is 3.57. The van der Waals surface area contributed by atoms with Crippen LogP contribution >= 0.6 is 15.9 Å².